The first kappa shape index (κ1) is 9.55. The molecule has 0 amide bonds. The Balaban J connectivity index is 2.59. The Morgan fingerprint density at radius 2 is 2.00 bits per heavy atom. The van der Waals surface area contributed by atoms with Gasteiger partial charge in [0.1, 0.15) is 0 Å². The highest BCUT2D eigenvalue weighted by Crippen LogP contribution is 2.28. The fourth-order valence-electron chi connectivity index (χ4n) is 1.94. The minimum absolute atomic E-state index is 0.751. The molecule has 0 spiro atoms. The van der Waals surface area contributed by atoms with Crippen LogP contribution >= 0.6 is 11.6 Å². The summed E-state index contributed by atoms with van der Waals surface area (Å²) >= 11 is 6.21. The molecular formula is C13H9ClN2. The smallest absolute Gasteiger partial charge is 0.0799 e. The molecule has 0 aliphatic rings. The number of benzene rings is 1. The second kappa shape index (κ2) is 3.42. The molecule has 0 saturated carbocycles. The molecule has 0 saturated heterocycles. The number of fused-ring (bicyclic) bond motifs is 3. The van der Waals surface area contributed by atoms with Crippen LogP contribution in [0.4, 0.5) is 0 Å². The Morgan fingerprint density at radius 1 is 1.12 bits per heavy atom. The molecule has 3 heteroatoms. The van der Waals surface area contributed by atoms with Crippen molar-refractivity contribution in [3.63, 3.8) is 0 Å². The fraction of sp³-hybridized carbons (Fsp3) is 0.0769. The van der Waals surface area contributed by atoms with E-state index in [2.05, 4.69) is 9.97 Å². The highest BCUT2D eigenvalue weighted by molar-refractivity contribution is 6.36. The van der Waals surface area contributed by atoms with Crippen LogP contribution in [0.25, 0.3) is 21.7 Å². The van der Waals surface area contributed by atoms with Crippen molar-refractivity contribution in [1.29, 1.82) is 0 Å². The Labute approximate surface area is 97.9 Å². The summed E-state index contributed by atoms with van der Waals surface area (Å²) in [6, 6.07) is 7.87. The molecule has 16 heavy (non-hydrogen) atoms. The van der Waals surface area contributed by atoms with Crippen molar-refractivity contribution in [2.75, 3.05) is 0 Å². The molecule has 0 aliphatic heterocycles. The van der Waals surface area contributed by atoms with Crippen LogP contribution in [0.2, 0.25) is 5.02 Å². The van der Waals surface area contributed by atoms with Gasteiger partial charge in [0.25, 0.3) is 0 Å². The molecule has 0 N–H and O–H groups in total. The Hall–Kier alpha value is -1.67. The van der Waals surface area contributed by atoms with Crippen LogP contribution in [0.15, 0.2) is 36.7 Å². The second-order valence-corrected chi connectivity index (χ2v) is 4.21. The summed E-state index contributed by atoms with van der Waals surface area (Å²) in [7, 11) is 0. The van der Waals surface area contributed by atoms with Crippen molar-refractivity contribution >= 4 is 33.3 Å². The van der Waals surface area contributed by atoms with Crippen LogP contribution in [0.5, 0.6) is 0 Å². The molecule has 1 aromatic carbocycles. The molecule has 2 aromatic heterocycles. The standard InChI is InChI=1S/C13H9ClN2/c1-8-6-12(14)11-3-2-9-7-15-5-4-10(9)13(11)16-8/h2-7H,1H3. The Kier molecular flexibility index (Phi) is 2.04. The van der Waals surface area contributed by atoms with Crippen molar-refractivity contribution in [3.05, 3.63) is 47.4 Å². The first-order valence-electron chi connectivity index (χ1n) is 5.05. The van der Waals surface area contributed by atoms with Crippen molar-refractivity contribution in [1.82, 2.24) is 9.97 Å². The molecule has 3 aromatic rings. The number of halogens is 1. The van der Waals surface area contributed by atoms with Gasteiger partial charge in [0.15, 0.2) is 0 Å². The van der Waals surface area contributed by atoms with E-state index < -0.39 is 0 Å². The zero-order valence-electron chi connectivity index (χ0n) is 8.74. The summed E-state index contributed by atoms with van der Waals surface area (Å²) in [6.07, 6.45) is 3.62. The van der Waals surface area contributed by atoms with Crippen LogP contribution in [0, 0.1) is 6.92 Å². The number of rotatable bonds is 0. The van der Waals surface area contributed by atoms with Gasteiger partial charge < -0.3 is 0 Å². The van der Waals surface area contributed by atoms with Gasteiger partial charge in [-0.15, -0.1) is 0 Å². The van der Waals surface area contributed by atoms with Gasteiger partial charge in [-0.05, 0) is 19.1 Å². The third-order valence-electron chi connectivity index (χ3n) is 2.67. The summed E-state index contributed by atoms with van der Waals surface area (Å²) < 4.78 is 0. The molecule has 0 radical (unpaired) electrons. The molecule has 0 aliphatic carbocycles. The quantitative estimate of drug-likeness (QED) is 0.548. The van der Waals surface area contributed by atoms with Gasteiger partial charge in [0.2, 0.25) is 0 Å². The average molecular weight is 229 g/mol. The van der Waals surface area contributed by atoms with E-state index >= 15 is 0 Å². The normalized spacial score (nSPS) is 11.1. The van der Waals surface area contributed by atoms with Crippen LogP contribution in [-0.2, 0) is 0 Å². The minimum Gasteiger partial charge on any atom is -0.264 e. The highest BCUT2D eigenvalue weighted by Gasteiger charge is 2.05. The molecule has 0 bridgehead atoms. The SMILES string of the molecule is Cc1cc(Cl)c2ccc3cnccc3c2n1. The molecule has 2 nitrogen and oxygen atoms in total. The summed E-state index contributed by atoms with van der Waals surface area (Å²) in [4.78, 5) is 8.66. The van der Waals surface area contributed by atoms with Gasteiger partial charge in [0.05, 0.1) is 10.5 Å². The minimum atomic E-state index is 0.751. The van der Waals surface area contributed by atoms with E-state index in [-0.39, 0.29) is 0 Å². The van der Waals surface area contributed by atoms with Crippen LogP contribution < -0.4 is 0 Å². The number of aryl methyl sites for hydroxylation is 1. The Bertz CT molecular complexity index is 692. The largest absolute Gasteiger partial charge is 0.264 e. The lowest BCUT2D eigenvalue weighted by atomic mass is 10.1. The van der Waals surface area contributed by atoms with E-state index in [0.717, 1.165) is 32.4 Å². The zero-order valence-corrected chi connectivity index (χ0v) is 9.49. The van der Waals surface area contributed by atoms with E-state index in [1.165, 1.54) is 0 Å². The maximum absolute atomic E-state index is 6.21. The second-order valence-electron chi connectivity index (χ2n) is 3.80. The van der Waals surface area contributed by atoms with E-state index in [1.807, 2.05) is 37.4 Å². The van der Waals surface area contributed by atoms with Crippen molar-refractivity contribution in [2.24, 2.45) is 0 Å². The molecule has 0 unspecified atom stereocenters. The fourth-order valence-corrected chi connectivity index (χ4v) is 2.25. The van der Waals surface area contributed by atoms with Crippen molar-refractivity contribution < 1.29 is 0 Å². The highest BCUT2D eigenvalue weighted by atomic mass is 35.5. The first-order chi connectivity index (χ1) is 7.75. The van der Waals surface area contributed by atoms with E-state index in [4.69, 9.17) is 11.6 Å². The maximum Gasteiger partial charge on any atom is 0.0799 e. The monoisotopic (exact) mass is 228 g/mol. The topological polar surface area (TPSA) is 25.8 Å². The molecule has 0 fully saturated rings. The predicted molar refractivity (Wildman–Crippen MR) is 66.8 cm³/mol. The predicted octanol–water partition coefficient (Wildman–Crippen LogP) is 3.74. The van der Waals surface area contributed by atoms with E-state index in [9.17, 15) is 0 Å². The zero-order chi connectivity index (χ0) is 11.1. The van der Waals surface area contributed by atoms with Gasteiger partial charge in [-0.3, -0.25) is 9.97 Å². The lowest BCUT2D eigenvalue weighted by molar-refractivity contribution is 1.26. The number of hydrogen-bond donors (Lipinski definition) is 0. The summed E-state index contributed by atoms with van der Waals surface area (Å²) in [6.45, 7) is 1.95. The van der Waals surface area contributed by atoms with Crippen LogP contribution in [-0.4, -0.2) is 9.97 Å². The molecule has 2 heterocycles. The lowest BCUT2D eigenvalue weighted by Crippen LogP contribution is -1.87. The van der Waals surface area contributed by atoms with Gasteiger partial charge in [0, 0.05) is 34.2 Å². The molecule has 0 atom stereocenters. The molecule has 3 rings (SSSR count). The molecular weight excluding hydrogens is 220 g/mol. The van der Waals surface area contributed by atoms with Crippen LogP contribution in [0.3, 0.4) is 0 Å². The Morgan fingerprint density at radius 3 is 2.88 bits per heavy atom. The van der Waals surface area contributed by atoms with Gasteiger partial charge in [-0.2, -0.15) is 0 Å². The first-order valence-corrected chi connectivity index (χ1v) is 5.43. The number of hydrogen-bond acceptors (Lipinski definition) is 2. The maximum atomic E-state index is 6.21. The van der Waals surface area contributed by atoms with Crippen LogP contribution in [0.1, 0.15) is 5.69 Å². The third-order valence-corrected chi connectivity index (χ3v) is 2.99. The lowest BCUT2D eigenvalue weighted by Gasteiger charge is -2.05. The number of nitrogens with zero attached hydrogens (tertiary/aromatic N) is 2. The average Bonchev–Trinajstić information content (AvgIpc) is 2.28. The van der Waals surface area contributed by atoms with Gasteiger partial charge in [-0.1, -0.05) is 23.7 Å². The third kappa shape index (κ3) is 1.34. The van der Waals surface area contributed by atoms with Crippen molar-refractivity contribution in [2.45, 2.75) is 6.92 Å². The number of pyridine rings is 2. The summed E-state index contributed by atoms with van der Waals surface area (Å²) in [5.74, 6) is 0. The van der Waals surface area contributed by atoms with Crippen molar-refractivity contribution in [3.8, 4) is 0 Å². The number of aromatic nitrogens is 2. The van der Waals surface area contributed by atoms with Gasteiger partial charge >= 0.3 is 0 Å². The van der Waals surface area contributed by atoms with E-state index in [1.54, 1.807) is 6.20 Å². The van der Waals surface area contributed by atoms with E-state index in [0.29, 0.717) is 0 Å². The van der Waals surface area contributed by atoms with Gasteiger partial charge in [-0.25, -0.2) is 0 Å². The summed E-state index contributed by atoms with van der Waals surface area (Å²) in [5, 5.41) is 3.93. The summed E-state index contributed by atoms with van der Waals surface area (Å²) in [5.41, 5.74) is 1.88. The molecule has 78 valence electrons.